The lowest BCUT2D eigenvalue weighted by atomic mass is 10.2. The molecular formula is C13H14ClN3O2S. The lowest BCUT2D eigenvalue weighted by Gasteiger charge is -2.11. The molecule has 2 rings (SSSR count). The van der Waals surface area contributed by atoms with Crippen LogP contribution in [0.15, 0.2) is 41.6 Å². The highest BCUT2D eigenvalue weighted by Crippen LogP contribution is 2.23. The second-order valence-electron chi connectivity index (χ2n) is 4.25. The molecule has 0 spiro atoms. The Bertz CT molecular complexity index is 732. The number of nitrogens with one attached hydrogen (secondary N) is 1. The first kappa shape index (κ1) is 14.8. The van der Waals surface area contributed by atoms with Crippen molar-refractivity contribution in [3.05, 3.63) is 52.8 Å². The van der Waals surface area contributed by atoms with Crippen LogP contribution in [-0.2, 0) is 16.6 Å². The monoisotopic (exact) mass is 311 g/mol. The van der Waals surface area contributed by atoms with Gasteiger partial charge in [-0.1, -0.05) is 17.7 Å². The van der Waals surface area contributed by atoms with Crippen molar-refractivity contribution in [2.45, 2.75) is 18.4 Å². The molecule has 0 aliphatic rings. The van der Waals surface area contributed by atoms with Crippen LogP contribution in [0.5, 0.6) is 0 Å². The van der Waals surface area contributed by atoms with Gasteiger partial charge in [0, 0.05) is 17.8 Å². The third-order valence-electron chi connectivity index (χ3n) is 2.84. The number of hydrogen-bond donors (Lipinski definition) is 2. The largest absolute Gasteiger partial charge is 0.326 e. The summed E-state index contributed by atoms with van der Waals surface area (Å²) in [5.41, 5.74) is 7.41. The van der Waals surface area contributed by atoms with Crippen LogP contribution in [0.4, 0.5) is 5.69 Å². The number of aryl methyl sites for hydroxylation is 1. The summed E-state index contributed by atoms with van der Waals surface area (Å²) in [6, 6.07) is 6.19. The van der Waals surface area contributed by atoms with Gasteiger partial charge in [-0.15, -0.1) is 0 Å². The van der Waals surface area contributed by atoms with E-state index < -0.39 is 10.0 Å². The van der Waals surface area contributed by atoms with Crippen molar-refractivity contribution < 1.29 is 8.42 Å². The van der Waals surface area contributed by atoms with Crippen molar-refractivity contribution in [1.29, 1.82) is 0 Å². The van der Waals surface area contributed by atoms with E-state index in [0.717, 1.165) is 5.56 Å². The maximum Gasteiger partial charge on any atom is 0.262 e. The number of anilines is 1. The lowest BCUT2D eigenvalue weighted by Crippen LogP contribution is -2.14. The summed E-state index contributed by atoms with van der Waals surface area (Å²) < 4.78 is 27.0. The van der Waals surface area contributed by atoms with Crippen molar-refractivity contribution in [2.24, 2.45) is 5.73 Å². The maximum atomic E-state index is 12.3. The fraction of sp³-hybridized carbons (Fsp3) is 0.154. The molecule has 20 heavy (non-hydrogen) atoms. The van der Waals surface area contributed by atoms with E-state index in [9.17, 15) is 8.42 Å². The molecule has 0 amide bonds. The van der Waals surface area contributed by atoms with Crippen LogP contribution in [0.1, 0.15) is 11.1 Å². The van der Waals surface area contributed by atoms with Crippen molar-refractivity contribution in [3.8, 4) is 0 Å². The van der Waals surface area contributed by atoms with E-state index in [4.69, 9.17) is 17.3 Å². The third kappa shape index (κ3) is 3.09. The molecule has 0 aliphatic carbocycles. The lowest BCUT2D eigenvalue weighted by molar-refractivity contribution is 0.601. The molecule has 0 fully saturated rings. The second kappa shape index (κ2) is 5.78. The van der Waals surface area contributed by atoms with E-state index in [-0.39, 0.29) is 11.4 Å². The van der Waals surface area contributed by atoms with Crippen LogP contribution in [-0.4, -0.2) is 13.4 Å². The molecule has 106 valence electrons. The maximum absolute atomic E-state index is 12.3. The van der Waals surface area contributed by atoms with E-state index in [1.54, 1.807) is 25.3 Å². The molecule has 0 aliphatic heterocycles. The van der Waals surface area contributed by atoms with E-state index >= 15 is 0 Å². The molecule has 0 saturated carbocycles. The number of rotatable bonds is 4. The second-order valence-corrected chi connectivity index (χ2v) is 6.34. The van der Waals surface area contributed by atoms with E-state index in [2.05, 4.69) is 9.71 Å². The average molecular weight is 312 g/mol. The Balaban J connectivity index is 2.36. The van der Waals surface area contributed by atoms with Gasteiger partial charge < -0.3 is 5.73 Å². The quantitative estimate of drug-likeness (QED) is 0.907. The predicted molar refractivity (Wildman–Crippen MR) is 79.1 cm³/mol. The fourth-order valence-electron chi connectivity index (χ4n) is 1.64. The van der Waals surface area contributed by atoms with Crippen LogP contribution in [0.3, 0.4) is 0 Å². The molecule has 7 heteroatoms. The minimum atomic E-state index is -3.70. The Morgan fingerprint density at radius 2 is 2.10 bits per heavy atom. The summed E-state index contributed by atoms with van der Waals surface area (Å²) in [6.45, 7) is 2.05. The number of benzene rings is 1. The Kier molecular flexibility index (Phi) is 4.27. The van der Waals surface area contributed by atoms with Gasteiger partial charge in [0.15, 0.2) is 0 Å². The molecule has 0 atom stereocenters. The summed E-state index contributed by atoms with van der Waals surface area (Å²) in [7, 11) is -3.70. The SMILES string of the molecule is Cc1ccncc1NS(=O)(=O)c1ccc(CN)c(Cl)c1. The number of hydrogen-bond acceptors (Lipinski definition) is 4. The number of nitrogens with two attached hydrogens (primary N) is 1. The van der Waals surface area contributed by atoms with Gasteiger partial charge in [-0.25, -0.2) is 8.42 Å². The molecule has 0 bridgehead atoms. The summed E-state index contributed by atoms with van der Waals surface area (Å²) in [5, 5.41) is 0.332. The first-order chi connectivity index (χ1) is 9.44. The van der Waals surface area contributed by atoms with Gasteiger partial charge in [0.05, 0.1) is 16.8 Å². The molecule has 5 nitrogen and oxygen atoms in total. The topological polar surface area (TPSA) is 85.1 Å². The molecule has 3 N–H and O–H groups in total. The number of aromatic nitrogens is 1. The van der Waals surface area contributed by atoms with Crippen LogP contribution >= 0.6 is 11.6 Å². The van der Waals surface area contributed by atoms with Crippen LogP contribution < -0.4 is 10.5 Å². The fourth-order valence-corrected chi connectivity index (χ4v) is 3.10. The summed E-state index contributed by atoms with van der Waals surface area (Å²) in [5.74, 6) is 0. The number of sulfonamides is 1. The Labute approximate surface area is 122 Å². The minimum absolute atomic E-state index is 0.0861. The van der Waals surface area contributed by atoms with Crippen LogP contribution in [0, 0.1) is 6.92 Å². The van der Waals surface area contributed by atoms with Gasteiger partial charge in [0.1, 0.15) is 0 Å². The van der Waals surface area contributed by atoms with E-state index in [1.165, 1.54) is 18.3 Å². The molecule has 1 aromatic heterocycles. The van der Waals surface area contributed by atoms with Crippen LogP contribution in [0.25, 0.3) is 0 Å². The van der Waals surface area contributed by atoms with Crippen molar-refractivity contribution in [1.82, 2.24) is 4.98 Å². The van der Waals surface area contributed by atoms with Crippen molar-refractivity contribution in [3.63, 3.8) is 0 Å². The van der Waals surface area contributed by atoms with Gasteiger partial charge in [0.25, 0.3) is 10.0 Å². The molecule has 0 saturated heterocycles. The first-order valence-electron chi connectivity index (χ1n) is 5.86. The normalized spacial score (nSPS) is 11.3. The molecule has 1 aromatic carbocycles. The van der Waals surface area contributed by atoms with Gasteiger partial charge in [0.2, 0.25) is 0 Å². The standard InChI is InChI=1S/C13H14ClN3O2S/c1-9-4-5-16-8-13(9)17-20(18,19)11-3-2-10(7-15)12(14)6-11/h2-6,8,17H,7,15H2,1H3. The number of halogens is 1. The smallest absolute Gasteiger partial charge is 0.262 e. The zero-order chi connectivity index (χ0) is 14.8. The van der Waals surface area contributed by atoms with Crippen molar-refractivity contribution >= 4 is 27.3 Å². The third-order valence-corrected chi connectivity index (χ3v) is 4.55. The molecule has 2 aromatic rings. The van der Waals surface area contributed by atoms with Gasteiger partial charge in [-0.3, -0.25) is 9.71 Å². The first-order valence-corrected chi connectivity index (χ1v) is 7.72. The molecule has 1 heterocycles. The Morgan fingerprint density at radius 3 is 2.70 bits per heavy atom. The highest BCUT2D eigenvalue weighted by atomic mass is 35.5. The Hall–Kier alpha value is -1.63. The predicted octanol–water partition coefficient (Wildman–Crippen LogP) is 2.30. The summed E-state index contributed by atoms with van der Waals surface area (Å²) >= 11 is 5.99. The zero-order valence-electron chi connectivity index (χ0n) is 10.8. The molecular weight excluding hydrogens is 298 g/mol. The Morgan fingerprint density at radius 1 is 1.35 bits per heavy atom. The number of nitrogens with zero attached hydrogens (tertiary/aromatic N) is 1. The van der Waals surface area contributed by atoms with Gasteiger partial charge in [-0.05, 0) is 36.2 Å². The minimum Gasteiger partial charge on any atom is -0.326 e. The van der Waals surface area contributed by atoms with Gasteiger partial charge >= 0.3 is 0 Å². The van der Waals surface area contributed by atoms with Gasteiger partial charge in [-0.2, -0.15) is 0 Å². The van der Waals surface area contributed by atoms with Crippen molar-refractivity contribution in [2.75, 3.05) is 4.72 Å². The molecule has 0 unspecified atom stereocenters. The molecule has 0 radical (unpaired) electrons. The van der Waals surface area contributed by atoms with E-state index in [1.807, 2.05) is 0 Å². The number of pyridine rings is 1. The highest BCUT2D eigenvalue weighted by Gasteiger charge is 2.16. The summed E-state index contributed by atoms with van der Waals surface area (Å²) in [6.07, 6.45) is 3.06. The highest BCUT2D eigenvalue weighted by molar-refractivity contribution is 7.92. The average Bonchev–Trinajstić information content (AvgIpc) is 2.41. The zero-order valence-corrected chi connectivity index (χ0v) is 12.4. The van der Waals surface area contributed by atoms with E-state index in [0.29, 0.717) is 16.3 Å². The van der Waals surface area contributed by atoms with Crippen LogP contribution in [0.2, 0.25) is 5.02 Å². The summed E-state index contributed by atoms with van der Waals surface area (Å²) in [4.78, 5) is 3.98.